The molecule has 1 fully saturated rings. The van der Waals surface area contributed by atoms with Crippen molar-refractivity contribution in [2.75, 3.05) is 0 Å². The van der Waals surface area contributed by atoms with E-state index in [2.05, 4.69) is 29.7 Å². The third-order valence-electron chi connectivity index (χ3n) is 4.40. The van der Waals surface area contributed by atoms with Gasteiger partial charge in [0.25, 0.3) is 0 Å². The Morgan fingerprint density at radius 1 is 1.32 bits per heavy atom. The minimum absolute atomic E-state index is 0.321. The van der Waals surface area contributed by atoms with Gasteiger partial charge in [-0.2, -0.15) is 0 Å². The summed E-state index contributed by atoms with van der Waals surface area (Å²) in [4.78, 5) is 12.5. The second-order valence-corrected chi connectivity index (χ2v) is 5.95. The van der Waals surface area contributed by atoms with Gasteiger partial charge in [0, 0.05) is 36.1 Å². The molecule has 1 aliphatic rings. The Kier molecular flexibility index (Phi) is 3.17. The summed E-state index contributed by atoms with van der Waals surface area (Å²) in [6, 6.07) is 6.34. The number of ketones is 1. The van der Waals surface area contributed by atoms with Gasteiger partial charge in [-0.3, -0.25) is 4.79 Å². The Bertz CT molecular complexity index is 617. The lowest BCUT2D eigenvalue weighted by Crippen LogP contribution is -2.05. The molecule has 3 rings (SSSR count). The van der Waals surface area contributed by atoms with Gasteiger partial charge < -0.3 is 4.57 Å². The molecule has 19 heavy (non-hydrogen) atoms. The number of aryl methyl sites for hydroxylation is 2. The Hall–Kier alpha value is -1.57. The standard InChI is InChI=1S/C17H21NO/c1-12-7-8-14-15(11-18(2)16(14)9-12)17(19)10-13-5-3-4-6-13/h7-9,11,13H,3-6,10H2,1-2H3. The number of hydrogen-bond donors (Lipinski definition) is 0. The Balaban J connectivity index is 1.93. The van der Waals surface area contributed by atoms with Gasteiger partial charge >= 0.3 is 0 Å². The highest BCUT2D eigenvalue weighted by molar-refractivity contribution is 6.08. The van der Waals surface area contributed by atoms with Crippen LogP contribution in [0.3, 0.4) is 0 Å². The molecule has 1 heterocycles. The number of carbonyl (C=O) groups excluding carboxylic acids is 1. The molecule has 1 aliphatic carbocycles. The Labute approximate surface area is 114 Å². The van der Waals surface area contributed by atoms with E-state index in [9.17, 15) is 4.79 Å². The molecule has 1 saturated carbocycles. The number of aromatic nitrogens is 1. The van der Waals surface area contributed by atoms with Crippen molar-refractivity contribution in [1.29, 1.82) is 0 Å². The molecule has 2 heteroatoms. The van der Waals surface area contributed by atoms with Gasteiger partial charge in [0.2, 0.25) is 0 Å². The summed E-state index contributed by atoms with van der Waals surface area (Å²) < 4.78 is 2.07. The van der Waals surface area contributed by atoms with Crippen LogP contribution in [0.15, 0.2) is 24.4 Å². The van der Waals surface area contributed by atoms with Gasteiger partial charge in [-0.1, -0.05) is 37.8 Å². The number of nitrogens with zero attached hydrogens (tertiary/aromatic N) is 1. The van der Waals surface area contributed by atoms with E-state index in [4.69, 9.17) is 0 Å². The maximum atomic E-state index is 12.5. The van der Waals surface area contributed by atoms with Gasteiger partial charge in [-0.25, -0.2) is 0 Å². The van der Waals surface area contributed by atoms with E-state index in [-0.39, 0.29) is 0 Å². The molecular formula is C17H21NO. The van der Waals surface area contributed by atoms with E-state index in [0.29, 0.717) is 11.7 Å². The van der Waals surface area contributed by atoms with E-state index in [1.54, 1.807) is 0 Å². The predicted octanol–water partition coefficient (Wildman–Crippen LogP) is 4.25. The van der Waals surface area contributed by atoms with E-state index in [1.165, 1.54) is 31.2 Å². The number of rotatable bonds is 3. The highest BCUT2D eigenvalue weighted by Crippen LogP contribution is 2.30. The highest BCUT2D eigenvalue weighted by Gasteiger charge is 2.21. The van der Waals surface area contributed by atoms with Crippen molar-refractivity contribution in [2.24, 2.45) is 13.0 Å². The summed E-state index contributed by atoms with van der Waals surface area (Å²) >= 11 is 0. The van der Waals surface area contributed by atoms with E-state index in [1.807, 2.05) is 13.2 Å². The van der Waals surface area contributed by atoms with Crippen LogP contribution in [0.25, 0.3) is 10.9 Å². The lowest BCUT2D eigenvalue weighted by Gasteiger charge is -2.06. The van der Waals surface area contributed by atoms with Gasteiger partial charge in [-0.05, 0) is 24.5 Å². The first-order valence-corrected chi connectivity index (χ1v) is 7.24. The SMILES string of the molecule is Cc1ccc2c(C(=O)CC3CCCC3)cn(C)c2c1. The number of carbonyl (C=O) groups is 1. The fourth-order valence-electron chi connectivity index (χ4n) is 3.30. The van der Waals surface area contributed by atoms with Crippen LogP contribution < -0.4 is 0 Å². The van der Waals surface area contributed by atoms with Crippen LogP contribution in [-0.4, -0.2) is 10.4 Å². The Morgan fingerprint density at radius 2 is 2.05 bits per heavy atom. The molecule has 100 valence electrons. The first kappa shape index (κ1) is 12.5. The van der Waals surface area contributed by atoms with Crippen LogP contribution in [0.5, 0.6) is 0 Å². The molecule has 0 radical (unpaired) electrons. The molecule has 1 aromatic heterocycles. The van der Waals surface area contributed by atoms with Crippen molar-refractivity contribution in [3.63, 3.8) is 0 Å². The largest absolute Gasteiger partial charge is 0.350 e. The number of benzene rings is 1. The number of fused-ring (bicyclic) bond motifs is 1. The number of hydrogen-bond acceptors (Lipinski definition) is 1. The third-order valence-corrected chi connectivity index (χ3v) is 4.40. The van der Waals surface area contributed by atoms with Gasteiger partial charge in [0.1, 0.15) is 0 Å². The minimum Gasteiger partial charge on any atom is -0.350 e. The average Bonchev–Trinajstić information content (AvgIpc) is 2.98. The van der Waals surface area contributed by atoms with Crippen molar-refractivity contribution in [1.82, 2.24) is 4.57 Å². The molecule has 0 amide bonds. The average molecular weight is 255 g/mol. The molecular weight excluding hydrogens is 234 g/mol. The van der Waals surface area contributed by atoms with Crippen molar-refractivity contribution in [3.05, 3.63) is 35.5 Å². The van der Waals surface area contributed by atoms with E-state index < -0.39 is 0 Å². The van der Waals surface area contributed by atoms with Gasteiger partial charge in [-0.15, -0.1) is 0 Å². The maximum absolute atomic E-state index is 12.5. The zero-order valence-electron chi connectivity index (χ0n) is 11.8. The highest BCUT2D eigenvalue weighted by atomic mass is 16.1. The molecule has 1 aromatic carbocycles. The second kappa shape index (κ2) is 4.84. The van der Waals surface area contributed by atoms with Crippen LogP contribution in [-0.2, 0) is 7.05 Å². The lowest BCUT2D eigenvalue weighted by molar-refractivity contribution is 0.0963. The zero-order chi connectivity index (χ0) is 13.4. The summed E-state index contributed by atoms with van der Waals surface area (Å²) in [6.45, 7) is 2.09. The van der Waals surface area contributed by atoms with Crippen LogP contribution in [0.2, 0.25) is 0 Å². The maximum Gasteiger partial charge on any atom is 0.165 e. The van der Waals surface area contributed by atoms with Crippen molar-refractivity contribution >= 4 is 16.7 Å². The molecule has 0 atom stereocenters. The molecule has 0 N–H and O–H groups in total. The fraction of sp³-hybridized carbons (Fsp3) is 0.471. The topological polar surface area (TPSA) is 22.0 Å². The van der Waals surface area contributed by atoms with E-state index >= 15 is 0 Å². The normalized spacial score (nSPS) is 16.3. The van der Waals surface area contributed by atoms with Crippen molar-refractivity contribution in [3.8, 4) is 0 Å². The van der Waals surface area contributed by atoms with Crippen LogP contribution in [0.1, 0.15) is 48.0 Å². The molecule has 0 bridgehead atoms. The van der Waals surface area contributed by atoms with Crippen molar-refractivity contribution < 1.29 is 4.79 Å². The first-order chi connectivity index (χ1) is 9.15. The fourth-order valence-corrected chi connectivity index (χ4v) is 3.30. The van der Waals surface area contributed by atoms with Crippen LogP contribution >= 0.6 is 0 Å². The quantitative estimate of drug-likeness (QED) is 0.751. The summed E-state index contributed by atoms with van der Waals surface area (Å²) in [5, 5.41) is 1.11. The molecule has 0 unspecified atom stereocenters. The smallest absolute Gasteiger partial charge is 0.165 e. The molecule has 0 aliphatic heterocycles. The van der Waals surface area contributed by atoms with Crippen LogP contribution in [0.4, 0.5) is 0 Å². The Morgan fingerprint density at radius 3 is 2.79 bits per heavy atom. The lowest BCUT2D eigenvalue weighted by atomic mass is 9.96. The zero-order valence-corrected chi connectivity index (χ0v) is 11.8. The van der Waals surface area contributed by atoms with E-state index in [0.717, 1.165) is 22.9 Å². The molecule has 2 nitrogen and oxygen atoms in total. The third kappa shape index (κ3) is 2.32. The summed E-state index contributed by atoms with van der Waals surface area (Å²) in [6.07, 6.45) is 7.79. The predicted molar refractivity (Wildman–Crippen MR) is 78.6 cm³/mol. The summed E-state index contributed by atoms with van der Waals surface area (Å²) in [5.74, 6) is 0.939. The summed E-state index contributed by atoms with van der Waals surface area (Å²) in [7, 11) is 2.02. The second-order valence-electron chi connectivity index (χ2n) is 5.95. The molecule has 2 aromatic rings. The number of Topliss-reactive ketones (excluding diaryl/α,β-unsaturated/α-hetero) is 1. The first-order valence-electron chi connectivity index (χ1n) is 7.24. The molecule has 0 spiro atoms. The summed E-state index contributed by atoms with van der Waals surface area (Å²) in [5.41, 5.74) is 3.31. The molecule has 0 saturated heterocycles. The minimum atomic E-state index is 0.321. The monoisotopic (exact) mass is 255 g/mol. The van der Waals surface area contributed by atoms with Gasteiger partial charge in [0.15, 0.2) is 5.78 Å². The van der Waals surface area contributed by atoms with Crippen LogP contribution in [0, 0.1) is 12.8 Å². The van der Waals surface area contributed by atoms with Gasteiger partial charge in [0.05, 0.1) is 0 Å². The van der Waals surface area contributed by atoms with Crippen molar-refractivity contribution in [2.45, 2.75) is 39.0 Å².